The zero-order valence-corrected chi connectivity index (χ0v) is 14.2. The Morgan fingerprint density at radius 3 is 2.72 bits per heavy atom. The van der Waals surface area contributed by atoms with Crippen LogP contribution in [0.25, 0.3) is 17.3 Å². The molecule has 4 rings (SSSR count). The van der Waals surface area contributed by atoms with Crippen molar-refractivity contribution in [3.8, 4) is 17.0 Å². The largest absolute Gasteiger partial charge is 0.496 e. The van der Waals surface area contributed by atoms with Crippen molar-refractivity contribution in [3.05, 3.63) is 76.5 Å². The number of Topliss-reactive ketones (excluding diaryl/α,β-unsaturated/α-hetero) is 1. The van der Waals surface area contributed by atoms with Crippen LogP contribution in [0.5, 0.6) is 5.75 Å². The van der Waals surface area contributed by atoms with Crippen LogP contribution in [0.4, 0.5) is 0 Å². The molecule has 4 nitrogen and oxygen atoms in total. The molecule has 124 valence electrons. The van der Waals surface area contributed by atoms with Gasteiger partial charge in [-0.15, -0.1) is 0 Å². The van der Waals surface area contributed by atoms with Crippen molar-refractivity contribution in [2.24, 2.45) is 0 Å². The first-order valence-corrected chi connectivity index (χ1v) is 8.19. The van der Waals surface area contributed by atoms with Crippen molar-refractivity contribution < 1.29 is 9.53 Å². The Morgan fingerprint density at radius 1 is 1.16 bits per heavy atom. The molecule has 1 aliphatic rings. The zero-order chi connectivity index (χ0) is 17.4. The van der Waals surface area contributed by atoms with E-state index in [-0.39, 0.29) is 5.78 Å². The minimum atomic E-state index is 0.0802. The number of hydrogen-bond acceptors (Lipinski definition) is 3. The molecule has 0 bridgehead atoms. The number of aryl methyl sites for hydroxylation is 1. The standard InChI is InChI=1S/C21H18N2O2/c1-13-8-18-15(11-20(13)25-2)9-16(21(18)24)10-17-12-19(23-22-17)14-6-4-3-5-7-14/h3-8,10-12H,9H2,1-2H3,(H,22,23)/b16-10+. The summed E-state index contributed by atoms with van der Waals surface area (Å²) in [5.41, 5.74) is 6.28. The van der Waals surface area contributed by atoms with Crippen molar-refractivity contribution in [1.82, 2.24) is 10.2 Å². The number of rotatable bonds is 3. The summed E-state index contributed by atoms with van der Waals surface area (Å²) in [7, 11) is 1.65. The average molecular weight is 330 g/mol. The Hall–Kier alpha value is -3.14. The highest BCUT2D eigenvalue weighted by atomic mass is 16.5. The van der Waals surface area contributed by atoms with Crippen LogP contribution < -0.4 is 4.74 Å². The van der Waals surface area contributed by atoms with Crippen LogP contribution in [-0.2, 0) is 6.42 Å². The molecule has 0 atom stereocenters. The lowest BCUT2D eigenvalue weighted by Gasteiger charge is -2.06. The number of ether oxygens (including phenoxy) is 1. The average Bonchev–Trinajstić information content (AvgIpc) is 3.21. The van der Waals surface area contributed by atoms with Crippen molar-refractivity contribution in [1.29, 1.82) is 0 Å². The molecule has 0 unspecified atom stereocenters. The van der Waals surface area contributed by atoms with E-state index in [1.54, 1.807) is 7.11 Å². The van der Waals surface area contributed by atoms with Gasteiger partial charge in [0.15, 0.2) is 5.78 Å². The van der Waals surface area contributed by atoms with E-state index in [9.17, 15) is 4.79 Å². The van der Waals surface area contributed by atoms with Gasteiger partial charge in [-0.1, -0.05) is 30.3 Å². The Labute approximate surface area is 146 Å². The number of fused-ring (bicyclic) bond motifs is 1. The predicted octanol–water partition coefficient (Wildman–Crippen LogP) is 4.22. The van der Waals surface area contributed by atoms with E-state index in [2.05, 4.69) is 10.2 Å². The number of carbonyl (C=O) groups is 1. The number of allylic oxidation sites excluding steroid dienone is 1. The van der Waals surface area contributed by atoms with E-state index < -0.39 is 0 Å². The molecule has 0 amide bonds. The molecule has 0 radical (unpaired) electrons. The molecule has 4 heteroatoms. The lowest BCUT2D eigenvalue weighted by atomic mass is 10.1. The van der Waals surface area contributed by atoms with Gasteiger partial charge in [0.25, 0.3) is 0 Å². The summed E-state index contributed by atoms with van der Waals surface area (Å²) < 4.78 is 5.36. The number of aromatic amines is 1. The van der Waals surface area contributed by atoms with Gasteiger partial charge in [0.2, 0.25) is 0 Å². The van der Waals surface area contributed by atoms with Crippen molar-refractivity contribution >= 4 is 11.9 Å². The molecule has 0 fully saturated rings. The third-order valence-electron chi connectivity index (χ3n) is 4.53. The summed E-state index contributed by atoms with van der Waals surface area (Å²) >= 11 is 0. The number of H-pyrrole nitrogens is 1. The number of nitrogens with one attached hydrogen (secondary N) is 1. The number of methoxy groups -OCH3 is 1. The Bertz CT molecular complexity index is 984. The third-order valence-corrected chi connectivity index (χ3v) is 4.53. The fraction of sp³-hybridized carbons (Fsp3) is 0.143. The van der Waals surface area contributed by atoms with Crippen LogP contribution >= 0.6 is 0 Å². The first-order valence-electron chi connectivity index (χ1n) is 8.19. The summed E-state index contributed by atoms with van der Waals surface area (Å²) in [4.78, 5) is 12.7. The van der Waals surface area contributed by atoms with Crippen LogP contribution in [0.15, 0.2) is 54.1 Å². The summed E-state index contributed by atoms with van der Waals surface area (Å²) in [6, 6.07) is 15.8. The molecule has 1 aromatic heterocycles. The van der Waals surface area contributed by atoms with E-state index in [0.29, 0.717) is 6.42 Å². The molecule has 1 heterocycles. The lowest BCUT2D eigenvalue weighted by molar-refractivity contribution is 0.104. The van der Waals surface area contributed by atoms with E-state index in [0.717, 1.165) is 45.0 Å². The van der Waals surface area contributed by atoms with Gasteiger partial charge >= 0.3 is 0 Å². The second-order valence-corrected chi connectivity index (χ2v) is 6.23. The highest BCUT2D eigenvalue weighted by Crippen LogP contribution is 2.33. The molecular formula is C21H18N2O2. The Balaban J connectivity index is 1.65. The van der Waals surface area contributed by atoms with Gasteiger partial charge in [-0.3, -0.25) is 9.89 Å². The molecule has 25 heavy (non-hydrogen) atoms. The maximum atomic E-state index is 12.7. The molecule has 3 aromatic rings. The minimum absolute atomic E-state index is 0.0802. The molecule has 0 spiro atoms. The normalized spacial score (nSPS) is 14.8. The van der Waals surface area contributed by atoms with Gasteiger partial charge in [0.05, 0.1) is 18.5 Å². The van der Waals surface area contributed by atoms with Crippen LogP contribution in [-0.4, -0.2) is 23.1 Å². The third kappa shape index (κ3) is 2.76. The summed E-state index contributed by atoms with van der Waals surface area (Å²) in [5, 5.41) is 7.35. The van der Waals surface area contributed by atoms with Gasteiger partial charge in [-0.2, -0.15) is 5.10 Å². The van der Waals surface area contributed by atoms with Gasteiger partial charge in [0.1, 0.15) is 5.75 Å². The van der Waals surface area contributed by atoms with Gasteiger partial charge in [0, 0.05) is 23.1 Å². The van der Waals surface area contributed by atoms with E-state index >= 15 is 0 Å². The first-order chi connectivity index (χ1) is 12.2. The summed E-state index contributed by atoms with van der Waals surface area (Å²) in [5.74, 6) is 0.900. The van der Waals surface area contributed by atoms with Gasteiger partial charge in [-0.25, -0.2) is 0 Å². The smallest absolute Gasteiger partial charge is 0.189 e. The number of carbonyl (C=O) groups excluding carboxylic acids is 1. The highest BCUT2D eigenvalue weighted by molar-refractivity contribution is 6.15. The first kappa shape index (κ1) is 15.4. The fourth-order valence-electron chi connectivity index (χ4n) is 3.24. The molecule has 0 aliphatic heterocycles. The predicted molar refractivity (Wildman–Crippen MR) is 97.8 cm³/mol. The quantitative estimate of drug-likeness (QED) is 0.732. The number of hydrogen-bond donors (Lipinski definition) is 1. The Kier molecular flexibility index (Phi) is 3.73. The molecule has 1 aliphatic carbocycles. The monoisotopic (exact) mass is 330 g/mol. The fourth-order valence-corrected chi connectivity index (χ4v) is 3.24. The van der Waals surface area contributed by atoms with Gasteiger partial charge < -0.3 is 4.74 Å². The Morgan fingerprint density at radius 2 is 1.96 bits per heavy atom. The topological polar surface area (TPSA) is 55.0 Å². The number of aromatic nitrogens is 2. The maximum Gasteiger partial charge on any atom is 0.189 e. The number of nitrogens with zero attached hydrogens (tertiary/aromatic N) is 1. The SMILES string of the molecule is COc1cc2c(cc1C)C(=O)/C(=C/c1cc(-c3ccccc3)n[nH]1)C2. The minimum Gasteiger partial charge on any atom is -0.496 e. The summed E-state index contributed by atoms with van der Waals surface area (Å²) in [6.45, 7) is 1.95. The number of benzene rings is 2. The van der Waals surface area contributed by atoms with Crippen LogP contribution in [0, 0.1) is 6.92 Å². The number of ketones is 1. The van der Waals surface area contributed by atoms with Gasteiger partial charge in [-0.05, 0) is 42.3 Å². The van der Waals surface area contributed by atoms with Crippen molar-refractivity contribution in [2.75, 3.05) is 7.11 Å². The molecule has 2 aromatic carbocycles. The van der Waals surface area contributed by atoms with E-state index in [1.165, 1.54) is 0 Å². The zero-order valence-electron chi connectivity index (χ0n) is 14.2. The van der Waals surface area contributed by atoms with Crippen LogP contribution in [0.3, 0.4) is 0 Å². The summed E-state index contributed by atoms with van der Waals surface area (Å²) in [6.07, 6.45) is 2.51. The second kappa shape index (κ2) is 6.06. The molecule has 1 N–H and O–H groups in total. The van der Waals surface area contributed by atoms with E-state index in [4.69, 9.17) is 4.74 Å². The van der Waals surface area contributed by atoms with Crippen molar-refractivity contribution in [2.45, 2.75) is 13.3 Å². The highest BCUT2D eigenvalue weighted by Gasteiger charge is 2.26. The maximum absolute atomic E-state index is 12.7. The van der Waals surface area contributed by atoms with E-state index in [1.807, 2.05) is 61.5 Å². The lowest BCUT2D eigenvalue weighted by Crippen LogP contribution is -1.97. The molecule has 0 saturated carbocycles. The van der Waals surface area contributed by atoms with Crippen molar-refractivity contribution in [3.63, 3.8) is 0 Å². The van der Waals surface area contributed by atoms with Crippen LogP contribution in [0.2, 0.25) is 0 Å². The molecule has 0 saturated heterocycles. The second-order valence-electron chi connectivity index (χ2n) is 6.23. The van der Waals surface area contributed by atoms with Crippen LogP contribution in [0.1, 0.15) is 27.2 Å². The molecular weight excluding hydrogens is 312 g/mol.